The standard InChI is InChI=1S/C25H27N7OS2.C3H9NO/c1-18-16-20(17-26)29-25(27-18)31-12-14-32(15-13-31)35-21-10-8-19(9-11-21)28-24(33)22-6-4-5-7-23(22)30(2)34-3;1-5-3-2-4/h4-11,16H,12-15H2,1-3H3,(H,28,33);2-4H2,1H3. The molecule has 0 bridgehead atoms. The minimum atomic E-state index is -0.129. The van der Waals surface area contributed by atoms with Crippen molar-refractivity contribution in [1.29, 1.82) is 5.26 Å². The lowest BCUT2D eigenvalue weighted by Gasteiger charge is -2.33. The first-order valence-corrected chi connectivity index (χ1v) is 14.7. The molecule has 10 nitrogen and oxygen atoms in total. The molecule has 2 heterocycles. The smallest absolute Gasteiger partial charge is 0.257 e. The SMILES string of the molecule is COCCN.CSN(C)c1ccccc1C(=O)Nc1ccc(SN2CCN(c3nc(C)cc(C#N)n3)CC2)cc1. The van der Waals surface area contributed by atoms with Crippen molar-refractivity contribution in [3.8, 4) is 6.07 Å². The summed E-state index contributed by atoms with van der Waals surface area (Å²) in [4.78, 5) is 24.9. The molecule has 1 amide bonds. The summed E-state index contributed by atoms with van der Waals surface area (Å²) in [7, 11) is 3.58. The number of aryl methyl sites for hydroxylation is 1. The molecule has 0 aliphatic carbocycles. The summed E-state index contributed by atoms with van der Waals surface area (Å²) in [5.74, 6) is 0.493. The monoisotopic (exact) mass is 580 g/mol. The van der Waals surface area contributed by atoms with Crippen LogP contribution in [0.1, 0.15) is 21.7 Å². The van der Waals surface area contributed by atoms with E-state index < -0.39 is 0 Å². The first kappa shape index (κ1) is 31.2. The Hall–Kier alpha value is -3.34. The zero-order chi connectivity index (χ0) is 28.9. The number of nitrogens with two attached hydrogens (primary N) is 1. The Balaban J connectivity index is 0.000000810. The Morgan fingerprint density at radius 3 is 2.45 bits per heavy atom. The maximum absolute atomic E-state index is 12.9. The van der Waals surface area contributed by atoms with E-state index in [1.54, 1.807) is 37.1 Å². The Kier molecular flexibility index (Phi) is 12.5. The summed E-state index contributed by atoms with van der Waals surface area (Å²) >= 11 is 3.26. The number of piperazine rings is 1. The molecule has 1 aliphatic heterocycles. The largest absolute Gasteiger partial charge is 0.383 e. The number of methoxy groups -OCH3 is 1. The van der Waals surface area contributed by atoms with Crippen molar-refractivity contribution in [2.45, 2.75) is 11.8 Å². The predicted octanol–water partition coefficient (Wildman–Crippen LogP) is 4.04. The number of rotatable bonds is 9. The highest BCUT2D eigenvalue weighted by atomic mass is 32.2. The quantitative estimate of drug-likeness (QED) is 0.356. The zero-order valence-electron chi connectivity index (χ0n) is 23.3. The number of hydrogen-bond donors (Lipinski definition) is 2. The van der Waals surface area contributed by atoms with E-state index in [9.17, 15) is 4.79 Å². The molecule has 0 atom stereocenters. The molecular formula is C28H36N8O2S2. The van der Waals surface area contributed by atoms with Crippen molar-refractivity contribution < 1.29 is 9.53 Å². The molecule has 4 rings (SSSR count). The van der Waals surface area contributed by atoms with Gasteiger partial charge >= 0.3 is 0 Å². The van der Waals surface area contributed by atoms with Crippen molar-refractivity contribution in [1.82, 2.24) is 14.3 Å². The van der Waals surface area contributed by atoms with E-state index >= 15 is 0 Å². The van der Waals surface area contributed by atoms with Gasteiger partial charge in [-0.15, -0.1) is 0 Å². The molecule has 12 heteroatoms. The van der Waals surface area contributed by atoms with E-state index in [1.807, 2.05) is 73.1 Å². The van der Waals surface area contributed by atoms with Gasteiger partial charge in [-0.25, -0.2) is 14.3 Å². The third-order valence-corrected chi connectivity index (χ3v) is 7.76. The lowest BCUT2D eigenvalue weighted by atomic mass is 10.1. The van der Waals surface area contributed by atoms with Crippen LogP contribution < -0.4 is 20.3 Å². The summed E-state index contributed by atoms with van der Waals surface area (Å²) in [6.45, 7) is 6.45. The van der Waals surface area contributed by atoms with Gasteiger partial charge in [0.05, 0.1) is 17.9 Å². The lowest BCUT2D eigenvalue weighted by Crippen LogP contribution is -2.44. The molecule has 40 heavy (non-hydrogen) atoms. The third kappa shape index (κ3) is 9.11. The molecular weight excluding hydrogens is 544 g/mol. The molecule has 0 radical (unpaired) electrons. The van der Waals surface area contributed by atoms with E-state index in [0.717, 1.165) is 48.1 Å². The van der Waals surface area contributed by atoms with Crippen molar-refractivity contribution in [2.75, 3.05) is 74.3 Å². The van der Waals surface area contributed by atoms with E-state index in [-0.39, 0.29) is 5.91 Å². The van der Waals surface area contributed by atoms with Crippen LogP contribution in [0, 0.1) is 18.3 Å². The number of carbonyl (C=O) groups excluding carboxylic acids is 1. The molecule has 1 aliphatic rings. The summed E-state index contributed by atoms with van der Waals surface area (Å²) in [5.41, 5.74) is 8.49. The van der Waals surface area contributed by atoms with E-state index in [0.29, 0.717) is 30.4 Å². The average molecular weight is 581 g/mol. The number of aromatic nitrogens is 2. The number of hydrogen-bond acceptors (Lipinski definition) is 11. The number of carbonyl (C=O) groups is 1. The lowest BCUT2D eigenvalue weighted by molar-refractivity contribution is 0.102. The second-order valence-electron chi connectivity index (χ2n) is 8.77. The van der Waals surface area contributed by atoms with Crippen LogP contribution in [-0.4, -0.2) is 79.9 Å². The fourth-order valence-corrected chi connectivity index (χ4v) is 5.09. The van der Waals surface area contributed by atoms with Crippen LogP contribution in [0.25, 0.3) is 0 Å². The fraction of sp³-hybridized carbons (Fsp3) is 0.357. The second kappa shape index (κ2) is 16.1. The summed E-state index contributed by atoms with van der Waals surface area (Å²) < 4.78 is 8.85. The third-order valence-electron chi connectivity index (χ3n) is 5.91. The minimum Gasteiger partial charge on any atom is -0.383 e. The van der Waals surface area contributed by atoms with Gasteiger partial charge in [0.1, 0.15) is 11.8 Å². The topological polar surface area (TPSA) is 124 Å². The predicted molar refractivity (Wildman–Crippen MR) is 165 cm³/mol. The number of para-hydroxylation sites is 1. The number of nitrogens with zero attached hydrogens (tertiary/aromatic N) is 6. The Bertz CT molecular complexity index is 1280. The number of nitrogens with one attached hydrogen (secondary N) is 1. The molecule has 212 valence electrons. The van der Waals surface area contributed by atoms with Crippen LogP contribution in [0.3, 0.4) is 0 Å². The van der Waals surface area contributed by atoms with Gasteiger partial charge in [0, 0.05) is 69.4 Å². The molecule has 3 aromatic rings. The first-order chi connectivity index (χ1) is 19.4. The molecule has 0 unspecified atom stereocenters. The van der Waals surface area contributed by atoms with Crippen LogP contribution in [0.15, 0.2) is 59.5 Å². The van der Waals surface area contributed by atoms with Gasteiger partial charge in [-0.2, -0.15) is 5.26 Å². The Morgan fingerprint density at radius 1 is 1.15 bits per heavy atom. The van der Waals surface area contributed by atoms with Crippen LogP contribution in [0.5, 0.6) is 0 Å². The van der Waals surface area contributed by atoms with Gasteiger partial charge in [-0.1, -0.05) is 24.1 Å². The maximum atomic E-state index is 12.9. The number of amides is 1. The highest BCUT2D eigenvalue weighted by molar-refractivity contribution is 7.99. The van der Waals surface area contributed by atoms with E-state index in [4.69, 9.17) is 11.0 Å². The molecule has 1 fully saturated rings. The molecule has 1 saturated heterocycles. The van der Waals surface area contributed by atoms with Gasteiger partial charge in [-0.3, -0.25) is 4.79 Å². The van der Waals surface area contributed by atoms with Gasteiger partial charge in [0.15, 0.2) is 0 Å². The highest BCUT2D eigenvalue weighted by Crippen LogP contribution is 2.28. The Labute approximate surface area is 245 Å². The molecule has 2 aromatic carbocycles. The van der Waals surface area contributed by atoms with Gasteiger partial charge < -0.3 is 25.0 Å². The van der Waals surface area contributed by atoms with Crippen LogP contribution in [0.4, 0.5) is 17.3 Å². The minimum absolute atomic E-state index is 0.129. The normalized spacial score (nSPS) is 13.2. The van der Waals surface area contributed by atoms with E-state index in [2.05, 4.69) is 35.3 Å². The maximum Gasteiger partial charge on any atom is 0.257 e. The van der Waals surface area contributed by atoms with E-state index in [1.165, 1.54) is 0 Å². The van der Waals surface area contributed by atoms with Gasteiger partial charge in [-0.05, 0) is 61.3 Å². The van der Waals surface area contributed by atoms with Crippen molar-refractivity contribution in [2.24, 2.45) is 5.73 Å². The number of ether oxygens (including phenoxy) is 1. The van der Waals surface area contributed by atoms with Crippen molar-refractivity contribution in [3.05, 3.63) is 71.5 Å². The Morgan fingerprint density at radius 2 is 1.85 bits per heavy atom. The first-order valence-electron chi connectivity index (χ1n) is 12.8. The van der Waals surface area contributed by atoms with Crippen LogP contribution in [0.2, 0.25) is 0 Å². The molecule has 0 saturated carbocycles. The number of benzene rings is 2. The van der Waals surface area contributed by atoms with Gasteiger partial charge in [0.2, 0.25) is 5.95 Å². The molecule has 1 aromatic heterocycles. The summed E-state index contributed by atoms with van der Waals surface area (Å²) in [5, 5.41) is 12.2. The zero-order valence-corrected chi connectivity index (χ0v) is 25.0. The van der Waals surface area contributed by atoms with Crippen molar-refractivity contribution in [3.63, 3.8) is 0 Å². The summed E-state index contributed by atoms with van der Waals surface area (Å²) in [6.07, 6.45) is 1.98. The van der Waals surface area contributed by atoms with Crippen molar-refractivity contribution >= 4 is 47.1 Å². The number of nitriles is 1. The molecule has 0 spiro atoms. The number of anilines is 3. The van der Waals surface area contributed by atoms with Crippen LogP contribution >= 0.6 is 23.9 Å². The van der Waals surface area contributed by atoms with Gasteiger partial charge in [0.25, 0.3) is 5.91 Å². The van der Waals surface area contributed by atoms with Crippen LogP contribution in [-0.2, 0) is 4.74 Å². The summed E-state index contributed by atoms with van der Waals surface area (Å²) in [6, 6.07) is 19.3. The fourth-order valence-electron chi connectivity index (χ4n) is 3.83. The molecule has 3 N–H and O–H groups in total. The average Bonchev–Trinajstić information content (AvgIpc) is 2.98. The highest BCUT2D eigenvalue weighted by Gasteiger charge is 2.21. The second-order valence-corrected chi connectivity index (χ2v) is 10.9.